The summed E-state index contributed by atoms with van der Waals surface area (Å²) < 4.78 is 11.4. The molecule has 2 aliphatic rings. The molecule has 2 aliphatic heterocycles. The number of pyridine rings is 1. The Morgan fingerprint density at radius 2 is 2.09 bits per heavy atom. The molecule has 1 aromatic heterocycles. The van der Waals surface area contributed by atoms with Crippen molar-refractivity contribution in [2.24, 2.45) is 5.92 Å². The van der Waals surface area contributed by atoms with Gasteiger partial charge in [0.25, 0.3) is 0 Å². The number of carbonyl (C=O) groups is 1. The van der Waals surface area contributed by atoms with E-state index < -0.39 is 0 Å². The number of hydrogen-bond acceptors (Lipinski definition) is 4. The van der Waals surface area contributed by atoms with Crippen LogP contribution in [-0.4, -0.2) is 47.7 Å². The second kappa shape index (κ2) is 6.65. The zero-order valence-corrected chi connectivity index (χ0v) is 13.3. The van der Waals surface area contributed by atoms with Gasteiger partial charge in [-0.1, -0.05) is 6.07 Å². The fraction of sp³-hybridized carbons (Fsp3) is 0.647. The van der Waals surface area contributed by atoms with Gasteiger partial charge in [-0.15, -0.1) is 0 Å². The summed E-state index contributed by atoms with van der Waals surface area (Å²) in [5.41, 5.74) is 1.13. The van der Waals surface area contributed by atoms with Gasteiger partial charge >= 0.3 is 0 Å². The van der Waals surface area contributed by atoms with E-state index in [1.54, 1.807) is 0 Å². The summed E-state index contributed by atoms with van der Waals surface area (Å²) in [6, 6.07) is 3.91. The van der Waals surface area contributed by atoms with Crippen LogP contribution in [0.1, 0.15) is 31.7 Å². The summed E-state index contributed by atoms with van der Waals surface area (Å²) in [4.78, 5) is 18.8. The van der Waals surface area contributed by atoms with Crippen molar-refractivity contribution in [1.82, 2.24) is 9.88 Å². The van der Waals surface area contributed by atoms with Gasteiger partial charge < -0.3 is 14.4 Å². The monoisotopic (exact) mass is 304 g/mol. The fourth-order valence-corrected chi connectivity index (χ4v) is 3.18. The van der Waals surface area contributed by atoms with Crippen LogP contribution in [0.3, 0.4) is 0 Å². The Balaban J connectivity index is 1.49. The number of likely N-dealkylation sites (tertiary alicyclic amines) is 1. The molecule has 5 heteroatoms. The van der Waals surface area contributed by atoms with Crippen molar-refractivity contribution >= 4 is 5.91 Å². The molecule has 0 radical (unpaired) electrons. The van der Waals surface area contributed by atoms with Crippen molar-refractivity contribution in [3.05, 3.63) is 23.9 Å². The Labute approximate surface area is 131 Å². The maximum atomic E-state index is 12.5. The molecule has 120 valence electrons. The molecule has 0 saturated carbocycles. The first-order chi connectivity index (χ1) is 10.6. The SMILES string of the molecule is Cc1ccc(OC2CCN(C(=O)[C@@H]3CCO[C@H]3C)CC2)nc1. The molecule has 0 bridgehead atoms. The summed E-state index contributed by atoms with van der Waals surface area (Å²) in [5.74, 6) is 0.960. The van der Waals surface area contributed by atoms with E-state index >= 15 is 0 Å². The molecule has 0 N–H and O–H groups in total. The molecule has 22 heavy (non-hydrogen) atoms. The Morgan fingerprint density at radius 3 is 2.68 bits per heavy atom. The van der Waals surface area contributed by atoms with Crippen LogP contribution >= 0.6 is 0 Å². The Morgan fingerprint density at radius 1 is 1.32 bits per heavy atom. The highest BCUT2D eigenvalue weighted by atomic mass is 16.5. The van der Waals surface area contributed by atoms with Crippen molar-refractivity contribution in [3.8, 4) is 5.88 Å². The topological polar surface area (TPSA) is 51.7 Å². The highest BCUT2D eigenvalue weighted by Crippen LogP contribution is 2.25. The first-order valence-electron chi connectivity index (χ1n) is 8.13. The summed E-state index contributed by atoms with van der Waals surface area (Å²) in [6.45, 7) is 6.23. The van der Waals surface area contributed by atoms with Crippen LogP contribution in [0.2, 0.25) is 0 Å². The van der Waals surface area contributed by atoms with Crippen molar-refractivity contribution < 1.29 is 14.3 Å². The first-order valence-corrected chi connectivity index (χ1v) is 8.13. The first kappa shape index (κ1) is 15.3. The molecule has 1 aromatic rings. The number of ether oxygens (including phenoxy) is 2. The molecule has 3 heterocycles. The molecule has 2 atom stereocenters. The minimum Gasteiger partial charge on any atom is -0.474 e. The van der Waals surface area contributed by atoms with E-state index in [1.165, 1.54) is 0 Å². The van der Waals surface area contributed by atoms with Gasteiger partial charge in [0.2, 0.25) is 11.8 Å². The summed E-state index contributed by atoms with van der Waals surface area (Å²) in [7, 11) is 0. The third-order valence-corrected chi connectivity index (χ3v) is 4.62. The van der Waals surface area contributed by atoms with Crippen LogP contribution in [0, 0.1) is 12.8 Å². The number of piperidine rings is 1. The molecule has 1 amide bonds. The molecular weight excluding hydrogens is 280 g/mol. The summed E-state index contributed by atoms with van der Waals surface area (Å²) >= 11 is 0. The van der Waals surface area contributed by atoms with E-state index in [-0.39, 0.29) is 24.0 Å². The van der Waals surface area contributed by atoms with Crippen LogP contribution in [0.15, 0.2) is 18.3 Å². The van der Waals surface area contributed by atoms with Gasteiger partial charge in [0, 0.05) is 44.8 Å². The van der Waals surface area contributed by atoms with Crippen LogP contribution in [0.25, 0.3) is 0 Å². The van der Waals surface area contributed by atoms with Gasteiger partial charge in [-0.3, -0.25) is 4.79 Å². The maximum Gasteiger partial charge on any atom is 0.228 e. The van der Waals surface area contributed by atoms with E-state index in [1.807, 2.05) is 37.1 Å². The molecule has 0 unspecified atom stereocenters. The highest BCUT2D eigenvalue weighted by Gasteiger charge is 2.35. The van der Waals surface area contributed by atoms with Crippen molar-refractivity contribution in [1.29, 1.82) is 0 Å². The number of aromatic nitrogens is 1. The van der Waals surface area contributed by atoms with Gasteiger partial charge in [0.15, 0.2) is 0 Å². The smallest absolute Gasteiger partial charge is 0.228 e. The normalized spacial score (nSPS) is 26.2. The Kier molecular flexibility index (Phi) is 4.62. The Bertz CT molecular complexity index is 509. The van der Waals surface area contributed by atoms with Gasteiger partial charge in [0.05, 0.1) is 12.0 Å². The Hall–Kier alpha value is -1.62. The molecule has 5 nitrogen and oxygen atoms in total. The van der Waals surface area contributed by atoms with E-state index in [4.69, 9.17) is 9.47 Å². The number of nitrogens with zero attached hydrogens (tertiary/aromatic N) is 2. The second-order valence-corrected chi connectivity index (χ2v) is 6.29. The summed E-state index contributed by atoms with van der Waals surface area (Å²) in [6.07, 6.45) is 4.60. The van der Waals surface area contributed by atoms with Crippen molar-refractivity contribution in [2.75, 3.05) is 19.7 Å². The number of hydrogen-bond donors (Lipinski definition) is 0. The lowest BCUT2D eigenvalue weighted by atomic mass is 9.99. The average molecular weight is 304 g/mol. The number of carbonyl (C=O) groups excluding carboxylic acids is 1. The third-order valence-electron chi connectivity index (χ3n) is 4.62. The van der Waals surface area contributed by atoms with Crippen molar-refractivity contribution in [2.45, 2.75) is 45.3 Å². The lowest BCUT2D eigenvalue weighted by molar-refractivity contribution is -0.138. The van der Waals surface area contributed by atoms with E-state index in [2.05, 4.69) is 4.98 Å². The minimum absolute atomic E-state index is 0.0382. The predicted molar refractivity (Wildman–Crippen MR) is 82.7 cm³/mol. The standard InChI is InChI=1S/C17H24N2O3/c1-12-3-4-16(18-11-12)22-14-5-8-19(9-6-14)17(20)15-7-10-21-13(15)2/h3-4,11,13-15H,5-10H2,1-2H3/t13-,15+/m0/s1. The zero-order valence-electron chi connectivity index (χ0n) is 13.3. The van der Waals surface area contributed by atoms with Crippen LogP contribution < -0.4 is 4.74 Å². The van der Waals surface area contributed by atoms with Crippen LogP contribution in [0.4, 0.5) is 0 Å². The molecule has 2 saturated heterocycles. The summed E-state index contributed by atoms with van der Waals surface area (Å²) in [5, 5.41) is 0. The number of amides is 1. The van der Waals surface area contributed by atoms with E-state index in [0.717, 1.165) is 37.9 Å². The highest BCUT2D eigenvalue weighted by molar-refractivity contribution is 5.79. The number of rotatable bonds is 3. The molecule has 0 aliphatic carbocycles. The molecule has 0 spiro atoms. The fourth-order valence-electron chi connectivity index (χ4n) is 3.18. The van der Waals surface area contributed by atoms with Gasteiger partial charge in [-0.25, -0.2) is 4.98 Å². The molecular formula is C17H24N2O3. The van der Waals surface area contributed by atoms with Crippen LogP contribution in [0.5, 0.6) is 5.88 Å². The van der Waals surface area contributed by atoms with Gasteiger partial charge in [-0.2, -0.15) is 0 Å². The number of aryl methyl sites for hydroxylation is 1. The largest absolute Gasteiger partial charge is 0.474 e. The third kappa shape index (κ3) is 3.40. The van der Waals surface area contributed by atoms with E-state index in [9.17, 15) is 4.79 Å². The molecule has 3 rings (SSSR count). The predicted octanol–water partition coefficient (Wildman–Crippen LogP) is 2.18. The molecule has 0 aromatic carbocycles. The van der Waals surface area contributed by atoms with Crippen LogP contribution in [-0.2, 0) is 9.53 Å². The molecule has 2 fully saturated rings. The maximum absolute atomic E-state index is 12.5. The average Bonchev–Trinajstić information content (AvgIpc) is 2.96. The zero-order chi connectivity index (χ0) is 15.5. The van der Waals surface area contributed by atoms with Crippen molar-refractivity contribution in [3.63, 3.8) is 0 Å². The minimum atomic E-state index is 0.0382. The lowest BCUT2D eigenvalue weighted by Crippen LogP contribution is -2.45. The quantitative estimate of drug-likeness (QED) is 0.859. The van der Waals surface area contributed by atoms with Gasteiger partial charge in [0.1, 0.15) is 6.10 Å². The van der Waals surface area contributed by atoms with Gasteiger partial charge in [-0.05, 0) is 25.8 Å². The van der Waals surface area contributed by atoms with E-state index in [0.29, 0.717) is 12.5 Å². The lowest BCUT2D eigenvalue weighted by Gasteiger charge is -2.33. The second-order valence-electron chi connectivity index (χ2n) is 6.29.